The molecule has 1 aromatic heterocycles. The minimum atomic E-state index is -3.58. The number of anilines is 2. The number of hydrogen-bond donors (Lipinski definition) is 1. The minimum Gasteiger partial charge on any atom is -0.497 e. The van der Waals surface area contributed by atoms with Gasteiger partial charge in [0.25, 0.3) is 11.8 Å². The van der Waals surface area contributed by atoms with Crippen molar-refractivity contribution in [3.8, 4) is 11.4 Å². The Bertz CT molecular complexity index is 1770. The lowest BCUT2D eigenvalue weighted by Crippen LogP contribution is -2.39. The summed E-state index contributed by atoms with van der Waals surface area (Å²) in [5, 5.41) is 4.05. The number of amides is 3. The number of methoxy groups -OCH3 is 1. The van der Waals surface area contributed by atoms with Gasteiger partial charge in [0.15, 0.2) is 5.69 Å². The normalized spacial score (nSPS) is 30.0. The van der Waals surface area contributed by atoms with Crippen LogP contribution in [0.2, 0.25) is 0 Å². The molecule has 0 atom stereocenters. The lowest BCUT2D eigenvalue weighted by atomic mass is 10.0. The average molecular weight is 472 g/mol. The Labute approximate surface area is 213 Å². The molecule has 1 fully saturated rings. The second-order valence-corrected chi connectivity index (χ2v) is 7.07. The summed E-state index contributed by atoms with van der Waals surface area (Å²) in [4.78, 5) is 40.0. The largest absolute Gasteiger partial charge is 0.497 e. The quantitative estimate of drug-likeness (QED) is 0.615. The molecule has 3 heterocycles. The number of carbonyl (C=O) groups is 3. The van der Waals surface area contributed by atoms with Crippen molar-refractivity contribution in [2.75, 3.05) is 29.9 Å². The highest BCUT2D eigenvalue weighted by atomic mass is 16.5. The van der Waals surface area contributed by atoms with Crippen molar-refractivity contribution in [1.29, 1.82) is 0 Å². The Hall–Kier alpha value is -4.14. The van der Waals surface area contributed by atoms with Gasteiger partial charge in [-0.25, -0.2) is 4.68 Å². The number of rotatable bonds is 5. The first-order valence-corrected chi connectivity index (χ1v) is 9.87. The molecule has 0 saturated carbocycles. The van der Waals surface area contributed by atoms with E-state index >= 15 is 0 Å². The molecule has 1 saturated heterocycles. The molecule has 5 rings (SSSR count). The van der Waals surface area contributed by atoms with Crippen LogP contribution >= 0.6 is 0 Å². The van der Waals surface area contributed by atoms with Gasteiger partial charge in [0, 0.05) is 50.0 Å². The van der Waals surface area contributed by atoms with E-state index in [4.69, 9.17) is 26.9 Å². The maximum Gasteiger partial charge on any atom is 0.277 e. The van der Waals surface area contributed by atoms with Gasteiger partial charge in [-0.1, -0.05) is 0 Å². The lowest BCUT2D eigenvalue weighted by molar-refractivity contribution is -0.119. The van der Waals surface area contributed by atoms with Crippen molar-refractivity contribution in [2.24, 2.45) is 5.73 Å². The molecule has 0 bridgehead atoms. The first-order chi connectivity index (χ1) is 21.0. The predicted octanol–water partition coefficient (Wildman–Crippen LogP) is 2.70. The Morgan fingerprint density at radius 2 is 1.59 bits per heavy atom. The predicted molar refractivity (Wildman–Crippen MR) is 127 cm³/mol. The van der Waals surface area contributed by atoms with E-state index in [9.17, 15) is 14.4 Å². The van der Waals surface area contributed by atoms with Crippen molar-refractivity contribution >= 4 is 29.1 Å². The Kier molecular flexibility index (Phi) is 3.01. The molecule has 2 aliphatic heterocycles. The molecule has 0 unspecified atom stereocenters. The molecule has 34 heavy (non-hydrogen) atoms. The molecule has 2 aliphatic rings. The lowest BCUT2D eigenvalue weighted by Gasteiger charge is -2.29. The summed E-state index contributed by atoms with van der Waals surface area (Å²) in [5.41, 5.74) is 2.93. The topological polar surface area (TPSA) is 111 Å². The summed E-state index contributed by atoms with van der Waals surface area (Å²) < 4.78 is 106. The zero-order valence-corrected chi connectivity index (χ0v) is 17.6. The van der Waals surface area contributed by atoms with Crippen LogP contribution in [-0.2, 0) is 11.2 Å². The maximum absolute atomic E-state index is 14.1. The van der Waals surface area contributed by atoms with Crippen molar-refractivity contribution in [3.63, 3.8) is 0 Å². The van der Waals surface area contributed by atoms with Gasteiger partial charge < -0.3 is 20.3 Å². The van der Waals surface area contributed by atoms with Crippen molar-refractivity contribution in [1.82, 2.24) is 9.78 Å². The number of aromatic nitrogens is 2. The second-order valence-electron chi connectivity index (χ2n) is 7.07. The fourth-order valence-electron chi connectivity index (χ4n) is 3.47. The number of benzene rings is 2. The van der Waals surface area contributed by atoms with Crippen LogP contribution in [0.3, 0.4) is 0 Å². The van der Waals surface area contributed by atoms with E-state index in [0.717, 1.165) is 28.9 Å². The van der Waals surface area contributed by atoms with Crippen LogP contribution in [0.1, 0.15) is 62.1 Å². The number of primary amides is 1. The molecule has 2 N–H and O–H groups in total. The van der Waals surface area contributed by atoms with Gasteiger partial charge in [0.2, 0.25) is 5.91 Å². The number of hydrogen-bond acceptors (Lipinski definition) is 5. The number of nitrogens with zero attached hydrogens (tertiary/aromatic N) is 4. The van der Waals surface area contributed by atoms with Gasteiger partial charge in [0.1, 0.15) is 11.4 Å². The minimum absolute atomic E-state index is 0.111. The van der Waals surface area contributed by atoms with Gasteiger partial charge in [0.05, 0.1) is 15.5 Å². The molecule has 174 valence electrons. The van der Waals surface area contributed by atoms with Crippen LogP contribution in [0.5, 0.6) is 5.75 Å². The molecular weight excluding hydrogens is 434 g/mol. The third-order valence-electron chi connectivity index (χ3n) is 5.10. The standard InChI is InChI=1S/C25H25N5O4/c1-34-19-11-9-18(10-12-19)30-23-20(22(27-30)24(26)32)13-15-29(25(23)33)17-7-5-16(6-8-17)28-14-3-2-4-21(28)31/h5-12H,2-4,13-15H2,1H3,(H2,26,32)/i2D2,3D2,4D2,13D2,14D2,15D2. The highest BCUT2D eigenvalue weighted by Gasteiger charge is 2.34. The highest BCUT2D eigenvalue weighted by Crippen LogP contribution is 2.31. The van der Waals surface area contributed by atoms with Gasteiger partial charge in [-0.2, -0.15) is 5.10 Å². The molecule has 2 aromatic carbocycles. The van der Waals surface area contributed by atoms with Crippen LogP contribution in [-0.4, -0.2) is 47.6 Å². The molecule has 3 aromatic rings. The summed E-state index contributed by atoms with van der Waals surface area (Å²) in [5.74, 6) is -3.69. The van der Waals surface area contributed by atoms with E-state index in [0.29, 0.717) is 10.6 Å². The van der Waals surface area contributed by atoms with E-state index in [1.807, 2.05) is 0 Å². The molecule has 0 spiro atoms. The number of fused-ring (bicyclic) bond motifs is 1. The summed E-state index contributed by atoms with van der Waals surface area (Å²) in [7, 11) is 1.42. The van der Waals surface area contributed by atoms with E-state index in [-0.39, 0.29) is 16.3 Å². The molecule has 9 nitrogen and oxygen atoms in total. The molecule has 9 heteroatoms. The van der Waals surface area contributed by atoms with Gasteiger partial charge in [-0.3, -0.25) is 14.4 Å². The van der Waals surface area contributed by atoms with Crippen LogP contribution in [0, 0.1) is 0 Å². The van der Waals surface area contributed by atoms with Gasteiger partial charge in [-0.05, 0) is 67.6 Å². The smallest absolute Gasteiger partial charge is 0.277 e. The van der Waals surface area contributed by atoms with E-state index in [1.165, 1.54) is 31.4 Å². The first-order valence-electron chi connectivity index (χ1n) is 15.9. The first kappa shape index (κ1) is 11.8. The summed E-state index contributed by atoms with van der Waals surface area (Å²) in [6.45, 7) is -6.63. The van der Waals surface area contributed by atoms with Crippen molar-refractivity contribution in [3.05, 3.63) is 65.5 Å². The molecular formula is C25H25N5O4. The highest BCUT2D eigenvalue weighted by molar-refractivity contribution is 6.09. The van der Waals surface area contributed by atoms with Crippen molar-refractivity contribution in [2.45, 2.75) is 25.5 Å². The number of ether oxygens (including phenoxy) is 1. The Morgan fingerprint density at radius 3 is 2.24 bits per heavy atom. The third-order valence-corrected chi connectivity index (χ3v) is 5.10. The fraction of sp³-hybridized carbons (Fsp3) is 0.280. The van der Waals surface area contributed by atoms with Crippen LogP contribution in [0.25, 0.3) is 5.69 Å². The SMILES string of the molecule is [2H]C1([2H])C(=O)N(c2ccc(N3C(=O)c4c(c(C(N)=O)nn4-c4ccc(OC)cc4)C([2H])([2H])C3([2H])[2H])cc2)C([2H])([2H])C([2H])([2H])C1([2H])[2H]. The molecule has 0 aliphatic carbocycles. The fourth-order valence-corrected chi connectivity index (χ4v) is 3.47. The Balaban J connectivity index is 1.65. The van der Waals surface area contributed by atoms with Crippen LogP contribution in [0.15, 0.2) is 48.5 Å². The maximum atomic E-state index is 14.1. The van der Waals surface area contributed by atoms with Crippen molar-refractivity contribution < 1.29 is 35.6 Å². The molecule has 0 radical (unpaired) electrons. The number of piperidine rings is 1. The number of carbonyl (C=O) groups excluding carboxylic acids is 3. The summed E-state index contributed by atoms with van der Waals surface area (Å²) in [6, 6.07) is 9.78. The van der Waals surface area contributed by atoms with E-state index in [2.05, 4.69) is 5.10 Å². The van der Waals surface area contributed by atoms with E-state index < -0.39 is 78.8 Å². The van der Waals surface area contributed by atoms with Gasteiger partial charge in [-0.15, -0.1) is 0 Å². The van der Waals surface area contributed by atoms with Crippen LogP contribution in [0.4, 0.5) is 11.4 Å². The second kappa shape index (κ2) is 8.66. The third kappa shape index (κ3) is 3.68. The number of nitrogens with two attached hydrogens (primary N) is 1. The summed E-state index contributed by atoms with van der Waals surface area (Å²) in [6.07, 6.45) is -13.7. The zero-order valence-electron chi connectivity index (χ0n) is 29.6. The summed E-state index contributed by atoms with van der Waals surface area (Å²) >= 11 is 0. The van der Waals surface area contributed by atoms with Crippen LogP contribution < -0.4 is 20.3 Å². The molecule has 3 amide bonds. The zero-order chi connectivity index (χ0) is 34.6. The monoisotopic (exact) mass is 471 g/mol. The average Bonchev–Trinajstić information content (AvgIpc) is 3.39. The Morgan fingerprint density at radius 1 is 0.941 bits per heavy atom. The van der Waals surface area contributed by atoms with Gasteiger partial charge >= 0.3 is 0 Å². The van der Waals surface area contributed by atoms with E-state index in [1.54, 1.807) is 0 Å².